The molecule has 0 unspecified atom stereocenters. The largest absolute Gasteiger partial charge is 0.491 e. The number of anilines is 1. The van der Waals surface area contributed by atoms with E-state index >= 15 is 0 Å². The number of imidazole rings is 1. The van der Waals surface area contributed by atoms with Gasteiger partial charge in [0.25, 0.3) is 0 Å². The topological polar surface area (TPSA) is 47.4 Å². The molecule has 34 heavy (non-hydrogen) atoms. The third-order valence-electron chi connectivity index (χ3n) is 6.40. The summed E-state index contributed by atoms with van der Waals surface area (Å²) in [5.74, 6) is 2.01. The Bertz CT molecular complexity index is 1340. The Hall–Kier alpha value is -3.86. The predicted octanol–water partition coefficient (Wildman–Crippen LogP) is 5.67. The summed E-state index contributed by atoms with van der Waals surface area (Å²) in [7, 11) is 0. The fourth-order valence-electron chi connectivity index (χ4n) is 4.78. The molecule has 0 N–H and O–H groups in total. The third-order valence-corrected chi connectivity index (χ3v) is 6.40. The van der Waals surface area contributed by atoms with Gasteiger partial charge < -0.3 is 14.2 Å². The number of hydrogen-bond donors (Lipinski definition) is 0. The first-order chi connectivity index (χ1) is 16.6. The highest BCUT2D eigenvalue weighted by Crippen LogP contribution is 2.33. The van der Waals surface area contributed by atoms with Crippen LogP contribution in [0.25, 0.3) is 11.0 Å². The number of ether oxygens (including phenoxy) is 1. The SMILES string of the molecule is C=CCc1ccccc1OCCn1c([C@@H]2CC(=O)N(c3cccc(C)c3)C2)nc2ccccc21. The predicted molar refractivity (Wildman–Crippen MR) is 136 cm³/mol. The van der Waals surface area contributed by atoms with Gasteiger partial charge in [0, 0.05) is 24.6 Å². The van der Waals surface area contributed by atoms with E-state index in [9.17, 15) is 4.79 Å². The minimum absolute atomic E-state index is 0.0356. The Kier molecular flexibility index (Phi) is 6.17. The van der Waals surface area contributed by atoms with Crippen LogP contribution in [-0.4, -0.2) is 28.6 Å². The molecule has 5 heteroatoms. The van der Waals surface area contributed by atoms with E-state index in [1.165, 1.54) is 0 Å². The number of carbonyl (C=O) groups excluding carboxylic acids is 1. The van der Waals surface area contributed by atoms with Crippen LogP contribution in [0.15, 0.2) is 85.5 Å². The number of allylic oxidation sites excluding steroid dienone is 1. The van der Waals surface area contributed by atoms with Crippen LogP contribution in [0.4, 0.5) is 5.69 Å². The summed E-state index contributed by atoms with van der Waals surface area (Å²) in [5, 5.41) is 0. The van der Waals surface area contributed by atoms with Gasteiger partial charge in [-0.2, -0.15) is 0 Å². The summed E-state index contributed by atoms with van der Waals surface area (Å²) in [6, 6.07) is 24.4. The minimum atomic E-state index is 0.0356. The molecule has 5 nitrogen and oxygen atoms in total. The molecule has 1 saturated heterocycles. The van der Waals surface area contributed by atoms with Crippen molar-refractivity contribution in [3.8, 4) is 5.75 Å². The van der Waals surface area contributed by atoms with Crippen LogP contribution < -0.4 is 9.64 Å². The molecule has 0 spiro atoms. The number of nitrogens with zero attached hydrogens (tertiary/aromatic N) is 3. The van der Waals surface area contributed by atoms with E-state index in [4.69, 9.17) is 9.72 Å². The zero-order valence-corrected chi connectivity index (χ0v) is 19.5. The van der Waals surface area contributed by atoms with Crippen LogP contribution in [0, 0.1) is 6.92 Å². The number of hydrogen-bond acceptors (Lipinski definition) is 3. The van der Waals surface area contributed by atoms with Crippen molar-refractivity contribution in [2.45, 2.75) is 32.2 Å². The second-order valence-corrected chi connectivity index (χ2v) is 8.80. The Morgan fingerprint density at radius 1 is 1.09 bits per heavy atom. The van der Waals surface area contributed by atoms with Gasteiger partial charge in [0.1, 0.15) is 18.2 Å². The van der Waals surface area contributed by atoms with Crippen molar-refractivity contribution < 1.29 is 9.53 Å². The molecular weight excluding hydrogens is 422 g/mol. The summed E-state index contributed by atoms with van der Waals surface area (Å²) >= 11 is 0. The van der Waals surface area contributed by atoms with E-state index in [2.05, 4.69) is 29.3 Å². The lowest BCUT2D eigenvalue weighted by molar-refractivity contribution is -0.117. The monoisotopic (exact) mass is 451 g/mol. The zero-order chi connectivity index (χ0) is 23.5. The van der Waals surface area contributed by atoms with Gasteiger partial charge in [-0.05, 0) is 54.8 Å². The number of para-hydroxylation sites is 3. The lowest BCUT2D eigenvalue weighted by Crippen LogP contribution is -2.24. The lowest BCUT2D eigenvalue weighted by Gasteiger charge is -2.18. The van der Waals surface area contributed by atoms with Crippen molar-refractivity contribution in [3.63, 3.8) is 0 Å². The number of carbonyl (C=O) groups is 1. The van der Waals surface area contributed by atoms with Gasteiger partial charge in [-0.15, -0.1) is 6.58 Å². The molecule has 1 fully saturated rings. The molecule has 2 heterocycles. The summed E-state index contributed by atoms with van der Waals surface area (Å²) in [6.07, 6.45) is 3.12. The average molecular weight is 452 g/mol. The van der Waals surface area contributed by atoms with Gasteiger partial charge in [0.2, 0.25) is 5.91 Å². The summed E-state index contributed by atoms with van der Waals surface area (Å²) < 4.78 is 8.41. The van der Waals surface area contributed by atoms with Gasteiger partial charge >= 0.3 is 0 Å². The van der Waals surface area contributed by atoms with E-state index in [-0.39, 0.29) is 11.8 Å². The van der Waals surface area contributed by atoms with Gasteiger partial charge in [0.05, 0.1) is 17.6 Å². The van der Waals surface area contributed by atoms with E-state index < -0.39 is 0 Å². The molecule has 0 aliphatic carbocycles. The highest BCUT2D eigenvalue weighted by Gasteiger charge is 2.34. The number of fused-ring (bicyclic) bond motifs is 1. The number of benzene rings is 3. The molecule has 172 valence electrons. The number of rotatable bonds is 8. The van der Waals surface area contributed by atoms with Crippen LogP contribution in [0.1, 0.15) is 29.3 Å². The van der Waals surface area contributed by atoms with Gasteiger partial charge in [0.15, 0.2) is 0 Å². The molecule has 0 saturated carbocycles. The highest BCUT2D eigenvalue weighted by atomic mass is 16.5. The van der Waals surface area contributed by atoms with E-state index in [1.54, 1.807) is 0 Å². The van der Waals surface area contributed by atoms with Crippen LogP contribution in [0.2, 0.25) is 0 Å². The molecule has 1 amide bonds. The zero-order valence-electron chi connectivity index (χ0n) is 19.5. The van der Waals surface area contributed by atoms with Crippen molar-refractivity contribution in [3.05, 3.63) is 102 Å². The van der Waals surface area contributed by atoms with Gasteiger partial charge in [-0.1, -0.05) is 48.5 Å². The molecule has 1 atom stereocenters. The van der Waals surface area contributed by atoms with Crippen LogP contribution >= 0.6 is 0 Å². The van der Waals surface area contributed by atoms with E-state index in [0.29, 0.717) is 26.1 Å². The Balaban J connectivity index is 1.40. The van der Waals surface area contributed by atoms with Crippen molar-refractivity contribution in [1.82, 2.24) is 9.55 Å². The Morgan fingerprint density at radius 3 is 2.76 bits per heavy atom. The van der Waals surface area contributed by atoms with Crippen molar-refractivity contribution >= 4 is 22.6 Å². The maximum Gasteiger partial charge on any atom is 0.227 e. The highest BCUT2D eigenvalue weighted by molar-refractivity contribution is 5.96. The fraction of sp³-hybridized carbons (Fsp3) is 0.241. The molecule has 4 aromatic rings. The number of aryl methyl sites for hydroxylation is 1. The van der Waals surface area contributed by atoms with E-state index in [0.717, 1.165) is 45.8 Å². The van der Waals surface area contributed by atoms with Crippen LogP contribution in [0.3, 0.4) is 0 Å². The molecule has 0 bridgehead atoms. The lowest BCUT2D eigenvalue weighted by atomic mass is 10.1. The van der Waals surface area contributed by atoms with Crippen molar-refractivity contribution in [2.75, 3.05) is 18.1 Å². The first-order valence-corrected chi connectivity index (χ1v) is 11.8. The maximum absolute atomic E-state index is 13.0. The Morgan fingerprint density at radius 2 is 1.91 bits per heavy atom. The third kappa shape index (κ3) is 4.34. The molecular formula is C29H29N3O2. The smallest absolute Gasteiger partial charge is 0.227 e. The van der Waals surface area contributed by atoms with Gasteiger partial charge in [-0.3, -0.25) is 4.79 Å². The molecule has 5 rings (SSSR count). The molecule has 1 aliphatic rings. The summed E-state index contributed by atoms with van der Waals surface area (Å²) in [6.45, 7) is 7.71. The second-order valence-electron chi connectivity index (χ2n) is 8.80. The summed E-state index contributed by atoms with van der Waals surface area (Å²) in [5.41, 5.74) is 5.25. The van der Waals surface area contributed by atoms with Crippen molar-refractivity contribution in [2.24, 2.45) is 0 Å². The standard InChI is InChI=1S/C29H29N3O2/c1-3-9-22-11-4-7-15-27(22)34-17-16-31-26-14-6-5-13-25(26)30-29(31)23-19-28(33)32(20-23)24-12-8-10-21(2)18-24/h3-8,10-15,18,23H,1,9,16-17,19-20H2,2H3/t23-/m1/s1. The molecule has 1 aromatic heterocycles. The normalized spacial score (nSPS) is 15.7. The van der Waals surface area contributed by atoms with E-state index in [1.807, 2.05) is 72.5 Å². The quantitative estimate of drug-likeness (QED) is 0.324. The average Bonchev–Trinajstić information content (AvgIpc) is 3.41. The van der Waals surface area contributed by atoms with Crippen LogP contribution in [-0.2, 0) is 17.8 Å². The van der Waals surface area contributed by atoms with Gasteiger partial charge in [-0.25, -0.2) is 4.98 Å². The second kappa shape index (κ2) is 9.56. The molecule has 0 radical (unpaired) electrons. The molecule has 3 aromatic carbocycles. The first-order valence-electron chi connectivity index (χ1n) is 11.8. The number of amides is 1. The van der Waals surface area contributed by atoms with Crippen molar-refractivity contribution in [1.29, 1.82) is 0 Å². The summed E-state index contributed by atoms with van der Waals surface area (Å²) in [4.78, 5) is 19.8. The Labute approximate surface area is 200 Å². The maximum atomic E-state index is 13.0. The molecule has 1 aliphatic heterocycles. The number of aromatic nitrogens is 2. The van der Waals surface area contributed by atoms with Crippen LogP contribution in [0.5, 0.6) is 5.75 Å². The first kappa shape index (κ1) is 22.0. The minimum Gasteiger partial charge on any atom is -0.491 e. The fourth-order valence-corrected chi connectivity index (χ4v) is 4.78.